The van der Waals surface area contributed by atoms with Crippen LogP contribution in [0.5, 0.6) is 0 Å². The summed E-state index contributed by atoms with van der Waals surface area (Å²) in [5.74, 6) is -1.25. The quantitative estimate of drug-likeness (QED) is 0.801. The summed E-state index contributed by atoms with van der Waals surface area (Å²) >= 11 is 8.64. The van der Waals surface area contributed by atoms with Crippen molar-refractivity contribution in [2.75, 3.05) is 0 Å². The molecule has 0 saturated heterocycles. The van der Waals surface area contributed by atoms with E-state index in [2.05, 4.69) is 15.9 Å². The average molecular weight is 348 g/mol. The minimum Gasteiger partial charge on any atom is -0.388 e. The van der Waals surface area contributed by atoms with E-state index in [-0.39, 0.29) is 16.5 Å². The lowest BCUT2D eigenvalue weighted by Crippen LogP contribution is -2.05. The smallest absolute Gasteiger partial charge is 0.137 e. The van der Waals surface area contributed by atoms with Crippen LogP contribution in [0.2, 0.25) is 5.02 Å². The lowest BCUT2D eigenvalue weighted by molar-refractivity contribution is 0.173. The zero-order chi connectivity index (χ0) is 14.0. The summed E-state index contributed by atoms with van der Waals surface area (Å²) in [6.45, 7) is 0. The first-order valence-corrected chi connectivity index (χ1v) is 6.71. The van der Waals surface area contributed by atoms with Crippen LogP contribution in [0.1, 0.15) is 17.2 Å². The van der Waals surface area contributed by atoms with E-state index in [4.69, 9.17) is 11.6 Å². The van der Waals surface area contributed by atoms with Gasteiger partial charge in [-0.3, -0.25) is 0 Å². The van der Waals surface area contributed by atoms with Crippen LogP contribution in [0, 0.1) is 11.6 Å². The van der Waals surface area contributed by atoms with Crippen molar-refractivity contribution in [3.63, 3.8) is 0 Å². The van der Waals surface area contributed by atoms with E-state index >= 15 is 0 Å². The molecule has 2 aromatic rings. The predicted molar refractivity (Wildman–Crippen MR) is 74.2 cm³/mol. The molecular weight excluding hydrogens is 338 g/mol. The van der Waals surface area contributed by atoms with Crippen LogP contribution in [0.3, 0.4) is 0 Å². The molecule has 0 heterocycles. The zero-order valence-corrected chi connectivity index (χ0v) is 12.0. The van der Waals surface area contributed by atoms with Crippen LogP contribution < -0.4 is 0 Å². The van der Waals surface area contributed by atoms with Crippen LogP contribution in [0.25, 0.3) is 0 Å². The summed E-state index contributed by atoms with van der Waals surface area (Å²) in [4.78, 5) is 0. The number of hydrogen-bond acceptors (Lipinski definition) is 1. The molecule has 2 aromatic carbocycles. The number of halogens is 4. The van der Waals surface area contributed by atoms with Crippen LogP contribution in [-0.2, 0) is 6.42 Å². The van der Waals surface area contributed by atoms with Gasteiger partial charge in [-0.1, -0.05) is 23.7 Å². The van der Waals surface area contributed by atoms with Gasteiger partial charge in [0.25, 0.3) is 0 Å². The minimum atomic E-state index is -1.11. The van der Waals surface area contributed by atoms with Gasteiger partial charge in [0.1, 0.15) is 11.6 Å². The Kier molecular flexibility index (Phi) is 4.55. The average Bonchev–Trinajstić information content (AvgIpc) is 2.36. The maximum absolute atomic E-state index is 13.7. The van der Waals surface area contributed by atoms with Gasteiger partial charge in [0.2, 0.25) is 0 Å². The molecule has 0 bridgehead atoms. The van der Waals surface area contributed by atoms with Gasteiger partial charge in [-0.2, -0.15) is 0 Å². The van der Waals surface area contributed by atoms with E-state index < -0.39 is 17.7 Å². The second kappa shape index (κ2) is 5.99. The lowest BCUT2D eigenvalue weighted by Gasteiger charge is -2.13. The third-order valence-electron chi connectivity index (χ3n) is 2.74. The molecular formula is C14H10BrClF2O. The molecule has 1 N–H and O–H groups in total. The van der Waals surface area contributed by atoms with Crippen LogP contribution in [0.4, 0.5) is 8.78 Å². The number of hydrogen-bond donors (Lipinski definition) is 1. The monoisotopic (exact) mass is 346 g/mol. The van der Waals surface area contributed by atoms with Crippen molar-refractivity contribution >= 4 is 27.5 Å². The Labute approximate surface area is 123 Å². The summed E-state index contributed by atoms with van der Waals surface area (Å²) in [5.41, 5.74) is 0.732. The molecule has 1 atom stereocenters. The second-order valence-corrected chi connectivity index (χ2v) is 5.42. The van der Waals surface area contributed by atoms with Gasteiger partial charge >= 0.3 is 0 Å². The Morgan fingerprint density at radius 3 is 2.37 bits per heavy atom. The van der Waals surface area contributed by atoms with Crippen LogP contribution >= 0.6 is 27.5 Å². The molecule has 5 heteroatoms. The fraction of sp³-hybridized carbons (Fsp3) is 0.143. The molecule has 0 amide bonds. The fourth-order valence-electron chi connectivity index (χ4n) is 1.75. The molecule has 100 valence electrons. The van der Waals surface area contributed by atoms with E-state index in [0.29, 0.717) is 5.02 Å². The van der Waals surface area contributed by atoms with Gasteiger partial charge in [0, 0.05) is 17.0 Å². The minimum absolute atomic E-state index is 0.0347. The van der Waals surface area contributed by atoms with Crippen molar-refractivity contribution in [1.29, 1.82) is 0 Å². The first kappa shape index (κ1) is 14.4. The molecule has 0 fully saturated rings. The number of aliphatic hydroxyl groups is 1. The summed E-state index contributed by atoms with van der Waals surface area (Å²) < 4.78 is 27.1. The van der Waals surface area contributed by atoms with Gasteiger partial charge in [0.05, 0.1) is 10.6 Å². The highest BCUT2D eigenvalue weighted by atomic mass is 79.9. The topological polar surface area (TPSA) is 20.2 Å². The van der Waals surface area contributed by atoms with E-state index in [9.17, 15) is 13.9 Å². The SMILES string of the molecule is OC(Cc1ccc(Cl)cc1)c1cc(F)c(Br)cc1F. The lowest BCUT2D eigenvalue weighted by atomic mass is 10.0. The van der Waals surface area contributed by atoms with Crippen molar-refractivity contribution in [2.45, 2.75) is 12.5 Å². The van der Waals surface area contributed by atoms with Gasteiger partial charge in [-0.25, -0.2) is 8.78 Å². The highest BCUT2D eigenvalue weighted by molar-refractivity contribution is 9.10. The summed E-state index contributed by atoms with van der Waals surface area (Å²) in [6, 6.07) is 8.84. The predicted octanol–water partition coefficient (Wildman–Crippen LogP) is 4.66. The Balaban J connectivity index is 2.22. The third-order valence-corrected chi connectivity index (χ3v) is 3.60. The van der Waals surface area contributed by atoms with E-state index in [0.717, 1.165) is 17.7 Å². The van der Waals surface area contributed by atoms with Gasteiger partial charge in [0.15, 0.2) is 0 Å². The molecule has 0 saturated carbocycles. The first-order valence-electron chi connectivity index (χ1n) is 5.54. The molecule has 0 aliphatic heterocycles. The van der Waals surface area contributed by atoms with E-state index in [1.54, 1.807) is 24.3 Å². The van der Waals surface area contributed by atoms with Crippen molar-refractivity contribution < 1.29 is 13.9 Å². The molecule has 1 nitrogen and oxygen atoms in total. The van der Waals surface area contributed by atoms with E-state index in [1.165, 1.54) is 0 Å². The zero-order valence-electron chi connectivity index (χ0n) is 9.71. The number of rotatable bonds is 3. The highest BCUT2D eigenvalue weighted by Gasteiger charge is 2.16. The molecule has 0 aliphatic carbocycles. The van der Waals surface area contributed by atoms with Crippen molar-refractivity contribution in [2.24, 2.45) is 0 Å². The van der Waals surface area contributed by atoms with E-state index in [1.807, 2.05) is 0 Å². The Hall–Kier alpha value is -0.970. The molecule has 2 rings (SSSR count). The van der Waals surface area contributed by atoms with Gasteiger partial charge < -0.3 is 5.11 Å². The Morgan fingerprint density at radius 1 is 1.11 bits per heavy atom. The molecule has 0 aromatic heterocycles. The normalized spacial score (nSPS) is 12.5. The molecule has 0 aliphatic rings. The van der Waals surface area contributed by atoms with Gasteiger partial charge in [-0.05, 0) is 45.8 Å². The van der Waals surface area contributed by atoms with Crippen molar-refractivity contribution in [3.05, 3.63) is 68.7 Å². The van der Waals surface area contributed by atoms with Crippen molar-refractivity contribution in [3.8, 4) is 0 Å². The Bertz CT molecular complexity index is 587. The number of benzene rings is 2. The third kappa shape index (κ3) is 3.53. The summed E-state index contributed by atoms with van der Waals surface area (Å²) in [7, 11) is 0. The first-order chi connectivity index (χ1) is 8.97. The highest BCUT2D eigenvalue weighted by Crippen LogP contribution is 2.26. The summed E-state index contributed by atoms with van der Waals surface area (Å²) in [6.07, 6.45) is -0.918. The number of aliphatic hydroxyl groups excluding tert-OH is 1. The van der Waals surface area contributed by atoms with Crippen LogP contribution in [-0.4, -0.2) is 5.11 Å². The second-order valence-electron chi connectivity index (χ2n) is 4.13. The molecule has 0 radical (unpaired) electrons. The van der Waals surface area contributed by atoms with Gasteiger partial charge in [-0.15, -0.1) is 0 Å². The molecule has 19 heavy (non-hydrogen) atoms. The standard InChI is InChI=1S/C14H10BrClF2O/c15-11-7-12(17)10(6-13(11)18)14(19)5-8-1-3-9(16)4-2-8/h1-4,6-7,14,19H,5H2. The summed E-state index contributed by atoms with van der Waals surface area (Å²) in [5, 5.41) is 10.6. The molecule has 1 unspecified atom stereocenters. The Morgan fingerprint density at radius 2 is 1.74 bits per heavy atom. The fourth-order valence-corrected chi connectivity index (χ4v) is 2.19. The maximum atomic E-state index is 13.7. The maximum Gasteiger partial charge on any atom is 0.137 e. The van der Waals surface area contributed by atoms with Crippen molar-refractivity contribution in [1.82, 2.24) is 0 Å². The largest absolute Gasteiger partial charge is 0.388 e. The van der Waals surface area contributed by atoms with Crippen LogP contribution in [0.15, 0.2) is 40.9 Å². The molecule has 0 spiro atoms.